The first-order valence-corrected chi connectivity index (χ1v) is 13.6. The summed E-state index contributed by atoms with van der Waals surface area (Å²) in [7, 11) is 0. The summed E-state index contributed by atoms with van der Waals surface area (Å²) >= 11 is 12.4. The number of rotatable bonds is 9. The van der Waals surface area contributed by atoms with Gasteiger partial charge in [0, 0.05) is 48.8 Å². The molecule has 4 nitrogen and oxygen atoms in total. The lowest BCUT2D eigenvalue weighted by Crippen LogP contribution is -2.48. The highest BCUT2D eigenvalue weighted by Crippen LogP contribution is 2.32. The van der Waals surface area contributed by atoms with E-state index in [0.29, 0.717) is 11.8 Å². The Labute approximate surface area is 226 Å². The quantitative estimate of drug-likeness (QED) is 0.325. The van der Waals surface area contributed by atoms with E-state index in [9.17, 15) is 5.11 Å². The molecule has 1 N–H and O–H groups in total. The Hall–Kier alpha value is -2.24. The van der Waals surface area contributed by atoms with Gasteiger partial charge in [-0.2, -0.15) is 0 Å². The van der Waals surface area contributed by atoms with Gasteiger partial charge in [0.25, 0.3) is 0 Å². The molecule has 0 radical (unpaired) electrons. The molecule has 1 aliphatic heterocycles. The van der Waals surface area contributed by atoms with Crippen molar-refractivity contribution in [2.24, 2.45) is 0 Å². The summed E-state index contributed by atoms with van der Waals surface area (Å²) < 4.78 is 0. The first-order valence-electron chi connectivity index (χ1n) is 12.9. The summed E-state index contributed by atoms with van der Waals surface area (Å²) in [6, 6.07) is 22.8. The van der Waals surface area contributed by atoms with E-state index in [1.54, 1.807) is 6.07 Å². The maximum atomic E-state index is 10.4. The molecule has 0 amide bonds. The summed E-state index contributed by atoms with van der Waals surface area (Å²) in [5.41, 5.74) is 4.60. The van der Waals surface area contributed by atoms with Crippen LogP contribution in [-0.4, -0.2) is 60.2 Å². The molecule has 6 heteroatoms. The lowest BCUT2D eigenvalue weighted by atomic mass is 9.96. The maximum absolute atomic E-state index is 10.4. The molecular formula is C30H37Cl2N3O. The molecule has 1 heterocycles. The van der Waals surface area contributed by atoms with Crippen molar-refractivity contribution in [3.05, 3.63) is 93.5 Å². The number of halogens is 2. The molecule has 4 rings (SSSR count). The third-order valence-electron chi connectivity index (χ3n) is 7.08. The number of hydrogen-bond acceptors (Lipinski definition) is 4. The van der Waals surface area contributed by atoms with E-state index < -0.39 is 0 Å². The van der Waals surface area contributed by atoms with Crippen LogP contribution < -0.4 is 4.90 Å². The van der Waals surface area contributed by atoms with Gasteiger partial charge in [-0.1, -0.05) is 53.5 Å². The average molecular weight is 527 g/mol. The van der Waals surface area contributed by atoms with Crippen molar-refractivity contribution in [2.45, 2.75) is 39.3 Å². The van der Waals surface area contributed by atoms with Crippen LogP contribution in [0.25, 0.3) is 0 Å². The minimum absolute atomic E-state index is 0.183. The van der Waals surface area contributed by atoms with Crippen LogP contribution in [0.4, 0.5) is 5.69 Å². The molecular weight excluding hydrogens is 489 g/mol. The van der Waals surface area contributed by atoms with Crippen molar-refractivity contribution in [3.63, 3.8) is 0 Å². The van der Waals surface area contributed by atoms with Crippen molar-refractivity contribution in [1.82, 2.24) is 9.80 Å². The average Bonchev–Trinajstić information content (AvgIpc) is 2.87. The van der Waals surface area contributed by atoms with Gasteiger partial charge in [0.2, 0.25) is 0 Å². The van der Waals surface area contributed by atoms with E-state index in [4.69, 9.17) is 23.2 Å². The fourth-order valence-electron chi connectivity index (χ4n) is 5.13. The molecule has 0 saturated carbocycles. The van der Waals surface area contributed by atoms with E-state index in [1.807, 2.05) is 30.3 Å². The molecule has 3 aromatic rings. The predicted octanol–water partition coefficient (Wildman–Crippen LogP) is 7.02. The zero-order chi connectivity index (χ0) is 25.7. The van der Waals surface area contributed by atoms with Gasteiger partial charge in [0.15, 0.2) is 0 Å². The second kappa shape index (κ2) is 12.3. The van der Waals surface area contributed by atoms with Crippen LogP contribution in [0.1, 0.15) is 43.0 Å². The monoisotopic (exact) mass is 525 g/mol. The highest BCUT2D eigenvalue weighted by Gasteiger charge is 2.26. The largest absolute Gasteiger partial charge is 0.506 e. The Morgan fingerprint density at radius 3 is 1.92 bits per heavy atom. The van der Waals surface area contributed by atoms with Crippen LogP contribution >= 0.6 is 23.2 Å². The van der Waals surface area contributed by atoms with Crippen LogP contribution in [0.2, 0.25) is 10.0 Å². The normalized spacial score (nSPS) is 15.1. The Balaban J connectivity index is 1.37. The summed E-state index contributed by atoms with van der Waals surface area (Å²) in [5, 5.41) is 11.9. The molecule has 0 aliphatic carbocycles. The minimum atomic E-state index is 0.183. The van der Waals surface area contributed by atoms with Crippen molar-refractivity contribution in [3.8, 4) is 5.75 Å². The number of aromatic hydroxyl groups is 1. The molecule has 0 unspecified atom stereocenters. The summed E-state index contributed by atoms with van der Waals surface area (Å²) in [4.78, 5) is 7.44. The zero-order valence-electron chi connectivity index (χ0n) is 21.5. The van der Waals surface area contributed by atoms with Gasteiger partial charge in [-0.25, -0.2) is 0 Å². The Morgan fingerprint density at radius 2 is 1.39 bits per heavy atom. The third-order valence-corrected chi connectivity index (χ3v) is 7.58. The summed E-state index contributed by atoms with van der Waals surface area (Å²) in [5.74, 6) is 0.360. The zero-order valence-corrected chi connectivity index (χ0v) is 23.0. The fourth-order valence-corrected chi connectivity index (χ4v) is 5.39. The molecule has 1 fully saturated rings. The van der Waals surface area contributed by atoms with Crippen molar-refractivity contribution < 1.29 is 5.11 Å². The molecule has 0 spiro atoms. The first kappa shape index (κ1) is 26.8. The van der Waals surface area contributed by atoms with Gasteiger partial charge < -0.3 is 14.9 Å². The number of aryl methyl sites for hydroxylation is 1. The van der Waals surface area contributed by atoms with Crippen molar-refractivity contribution in [2.75, 3.05) is 44.2 Å². The van der Waals surface area contributed by atoms with E-state index in [1.165, 1.54) is 16.7 Å². The second-order valence-corrected chi connectivity index (χ2v) is 10.9. The first-order chi connectivity index (χ1) is 17.3. The molecule has 1 saturated heterocycles. The van der Waals surface area contributed by atoms with Crippen LogP contribution in [0.15, 0.2) is 66.7 Å². The van der Waals surface area contributed by atoms with Crippen LogP contribution in [-0.2, 0) is 0 Å². The molecule has 192 valence electrons. The maximum Gasteiger partial charge on any atom is 0.138 e. The van der Waals surface area contributed by atoms with Gasteiger partial charge in [-0.05, 0) is 86.8 Å². The highest BCUT2D eigenvalue weighted by molar-refractivity contribution is 6.30. The Morgan fingerprint density at radius 1 is 0.833 bits per heavy atom. The smallest absolute Gasteiger partial charge is 0.138 e. The van der Waals surface area contributed by atoms with E-state index in [2.05, 4.69) is 65.8 Å². The van der Waals surface area contributed by atoms with Crippen molar-refractivity contribution in [1.29, 1.82) is 0 Å². The predicted molar refractivity (Wildman–Crippen MR) is 153 cm³/mol. The van der Waals surface area contributed by atoms with E-state index in [-0.39, 0.29) is 6.04 Å². The standard InChI is InChI=1S/C30H37Cl2N3O/c1-22(2)35(28-21-23(3)5-14-29(28)36)16-4-15-33-17-19-34(20-18-33)30(24-6-10-26(31)11-7-24)25-8-12-27(32)13-9-25/h5-14,21-22,30,36H,4,15-20H2,1-3H3. The fraction of sp³-hybridized carbons (Fsp3) is 0.400. The minimum Gasteiger partial charge on any atom is -0.506 e. The van der Waals surface area contributed by atoms with Crippen molar-refractivity contribution >= 4 is 28.9 Å². The Kier molecular flexibility index (Phi) is 9.19. The molecule has 3 aromatic carbocycles. The SMILES string of the molecule is Cc1ccc(O)c(N(CCCN2CCN(C(c3ccc(Cl)cc3)c3ccc(Cl)cc3)CC2)C(C)C)c1. The molecule has 36 heavy (non-hydrogen) atoms. The van der Waals surface area contributed by atoms with Gasteiger partial charge in [-0.15, -0.1) is 0 Å². The number of piperazine rings is 1. The number of benzene rings is 3. The van der Waals surface area contributed by atoms with Gasteiger partial charge >= 0.3 is 0 Å². The topological polar surface area (TPSA) is 30.0 Å². The molecule has 1 aliphatic rings. The number of phenolic OH excluding ortho intramolecular Hbond substituents is 1. The lowest BCUT2D eigenvalue weighted by Gasteiger charge is -2.40. The summed E-state index contributed by atoms with van der Waals surface area (Å²) in [6.45, 7) is 12.5. The number of hydrogen-bond donors (Lipinski definition) is 1. The highest BCUT2D eigenvalue weighted by atomic mass is 35.5. The van der Waals surface area contributed by atoms with Gasteiger partial charge in [0.05, 0.1) is 11.7 Å². The van der Waals surface area contributed by atoms with E-state index >= 15 is 0 Å². The second-order valence-electron chi connectivity index (χ2n) is 10.0. The number of phenols is 1. The molecule has 0 aromatic heterocycles. The summed E-state index contributed by atoms with van der Waals surface area (Å²) in [6.07, 6.45) is 1.06. The van der Waals surface area contributed by atoms with Gasteiger partial charge in [-0.3, -0.25) is 4.90 Å². The number of anilines is 1. The van der Waals surface area contributed by atoms with Crippen LogP contribution in [0.5, 0.6) is 5.75 Å². The Bertz CT molecular complexity index is 1060. The van der Waals surface area contributed by atoms with Crippen LogP contribution in [0.3, 0.4) is 0 Å². The lowest BCUT2D eigenvalue weighted by molar-refractivity contribution is 0.109. The molecule has 0 atom stereocenters. The number of nitrogens with zero attached hydrogens (tertiary/aromatic N) is 3. The third kappa shape index (κ3) is 6.74. The van der Waals surface area contributed by atoms with E-state index in [0.717, 1.165) is 61.4 Å². The molecule has 0 bridgehead atoms. The van der Waals surface area contributed by atoms with Crippen LogP contribution in [0, 0.1) is 6.92 Å². The van der Waals surface area contributed by atoms with Gasteiger partial charge in [0.1, 0.15) is 5.75 Å².